The lowest BCUT2D eigenvalue weighted by molar-refractivity contribution is -0.0239. The van der Waals surface area contributed by atoms with Crippen molar-refractivity contribution in [2.45, 2.75) is 121 Å². The van der Waals surface area contributed by atoms with Crippen LogP contribution in [0.4, 0.5) is 0 Å². The molecule has 3 fully saturated rings. The van der Waals surface area contributed by atoms with Crippen molar-refractivity contribution in [2.24, 2.45) is 0 Å². The predicted molar refractivity (Wildman–Crippen MR) is 139 cm³/mol. The molecule has 2 aliphatic heterocycles. The van der Waals surface area contributed by atoms with E-state index in [9.17, 15) is 9.59 Å². The summed E-state index contributed by atoms with van der Waals surface area (Å²) in [6.07, 6.45) is 17.9. The standard InChI is InChI=1S/C29H41N3O3/c1-2-35-29(34)27-28(33)32(26-18-11-10-17-25(26)30-27)24-19-22-15-12-16-23(20-24)31(22)21-13-8-6-4-3-5-7-9-14-21/h10-11,17-18,21-24H,2-9,12-16,19-20H2,1H3/t22-,23+,24+. The number of benzene rings is 1. The van der Waals surface area contributed by atoms with E-state index in [2.05, 4.69) is 9.88 Å². The van der Waals surface area contributed by atoms with Crippen LogP contribution in [-0.2, 0) is 4.74 Å². The van der Waals surface area contributed by atoms with Crippen LogP contribution in [0.1, 0.15) is 113 Å². The summed E-state index contributed by atoms with van der Waals surface area (Å²) >= 11 is 0. The molecule has 1 aliphatic carbocycles. The number of carbonyl (C=O) groups excluding carboxylic acids is 1. The average Bonchev–Trinajstić information content (AvgIpc) is 2.86. The van der Waals surface area contributed by atoms with E-state index < -0.39 is 5.97 Å². The van der Waals surface area contributed by atoms with E-state index in [4.69, 9.17) is 4.74 Å². The third-order valence-electron chi connectivity index (χ3n) is 8.63. The SMILES string of the molecule is CCOC(=O)c1nc2ccccc2n([C@H]2C[C@H]3CCC[C@@H](C2)N3C2CCCCCCCCC2)c1=O. The minimum atomic E-state index is -0.615. The first-order valence-electron chi connectivity index (χ1n) is 14.1. The maximum Gasteiger partial charge on any atom is 0.362 e. The molecule has 0 N–H and O–H groups in total. The molecule has 3 aliphatic rings. The summed E-state index contributed by atoms with van der Waals surface area (Å²) in [6, 6.07) is 9.55. The average molecular weight is 480 g/mol. The highest BCUT2D eigenvalue weighted by Crippen LogP contribution is 2.42. The monoisotopic (exact) mass is 479 g/mol. The number of para-hydroxylation sites is 2. The molecule has 2 bridgehead atoms. The number of nitrogens with zero attached hydrogens (tertiary/aromatic N) is 3. The molecule has 5 rings (SSSR count). The van der Waals surface area contributed by atoms with Gasteiger partial charge in [-0.05, 0) is 57.6 Å². The first-order chi connectivity index (χ1) is 17.2. The minimum Gasteiger partial charge on any atom is -0.461 e. The molecule has 1 saturated carbocycles. The summed E-state index contributed by atoms with van der Waals surface area (Å²) in [4.78, 5) is 33.6. The molecular formula is C29H41N3O3. The van der Waals surface area contributed by atoms with Crippen LogP contribution in [0.3, 0.4) is 0 Å². The van der Waals surface area contributed by atoms with Crippen LogP contribution in [0.5, 0.6) is 0 Å². The van der Waals surface area contributed by atoms with Crippen LogP contribution in [0.15, 0.2) is 29.1 Å². The second-order valence-corrected chi connectivity index (χ2v) is 10.9. The number of aromatic nitrogens is 2. The number of piperidine rings is 2. The van der Waals surface area contributed by atoms with E-state index in [1.165, 1.54) is 77.0 Å². The number of ether oxygens (including phenoxy) is 1. The Hall–Kier alpha value is -2.21. The third-order valence-corrected chi connectivity index (χ3v) is 8.63. The molecule has 1 aromatic carbocycles. The van der Waals surface area contributed by atoms with Gasteiger partial charge in [0.05, 0.1) is 17.6 Å². The molecule has 0 radical (unpaired) electrons. The topological polar surface area (TPSA) is 64.4 Å². The lowest BCUT2D eigenvalue weighted by Crippen LogP contribution is -2.57. The van der Waals surface area contributed by atoms with Gasteiger partial charge in [-0.3, -0.25) is 9.69 Å². The molecule has 2 aromatic rings. The van der Waals surface area contributed by atoms with Crippen molar-refractivity contribution in [1.29, 1.82) is 0 Å². The molecular weight excluding hydrogens is 438 g/mol. The minimum absolute atomic E-state index is 0.0783. The van der Waals surface area contributed by atoms with E-state index in [0.717, 1.165) is 18.4 Å². The first-order valence-corrected chi connectivity index (χ1v) is 14.1. The van der Waals surface area contributed by atoms with Gasteiger partial charge in [0.2, 0.25) is 5.69 Å². The van der Waals surface area contributed by atoms with Crippen molar-refractivity contribution in [3.63, 3.8) is 0 Å². The van der Waals surface area contributed by atoms with Crippen molar-refractivity contribution >= 4 is 17.0 Å². The van der Waals surface area contributed by atoms with E-state index >= 15 is 0 Å². The molecule has 6 nitrogen and oxygen atoms in total. The second-order valence-electron chi connectivity index (χ2n) is 10.9. The van der Waals surface area contributed by atoms with Gasteiger partial charge in [-0.25, -0.2) is 9.78 Å². The molecule has 2 saturated heterocycles. The molecule has 6 heteroatoms. The zero-order chi connectivity index (χ0) is 24.2. The molecule has 3 heterocycles. The molecule has 0 amide bonds. The van der Waals surface area contributed by atoms with Crippen LogP contribution in [-0.4, -0.2) is 45.2 Å². The number of fused-ring (bicyclic) bond motifs is 3. The van der Waals surface area contributed by atoms with Gasteiger partial charge in [0.25, 0.3) is 5.56 Å². The van der Waals surface area contributed by atoms with Crippen molar-refractivity contribution in [3.05, 3.63) is 40.3 Å². The van der Waals surface area contributed by atoms with Gasteiger partial charge in [0, 0.05) is 24.2 Å². The summed E-state index contributed by atoms with van der Waals surface area (Å²) in [6.45, 7) is 1.99. The molecule has 1 aromatic heterocycles. The normalized spacial score (nSPS) is 26.9. The van der Waals surface area contributed by atoms with Crippen molar-refractivity contribution in [1.82, 2.24) is 14.5 Å². The number of carbonyl (C=O) groups is 1. The van der Waals surface area contributed by atoms with Gasteiger partial charge in [-0.1, -0.05) is 63.5 Å². The Morgan fingerprint density at radius 3 is 2.11 bits per heavy atom. The fourth-order valence-corrected chi connectivity index (χ4v) is 7.13. The molecule has 35 heavy (non-hydrogen) atoms. The van der Waals surface area contributed by atoms with Crippen molar-refractivity contribution in [2.75, 3.05) is 6.61 Å². The summed E-state index contributed by atoms with van der Waals surface area (Å²) in [5.74, 6) is -0.615. The lowest BCUT2D eigenvalue weighted by Gasteiger charge is -2.53. The third kappa shape index (κ3) is 5.18. The highest BCUT2D eigenvalue weighted by molar-refractivity contribution is 5.89. The Balaban J connectivity index is 1.46. The Kier molecular flexibility index (Phi) is 7.86. The Bertz CT molecular complexity index is 1060. The largest absolute Gasteiger partial charge is 0.461 e. The van der Waals surface area contributed by atoms with E-state index in [1.807, 2.05) is 28.8 Å². The molecule has 3 atom stereocenters. The predicted octanol–water partition coefficient (Wildman–Crippen LogP) is 6.02. The summed E-state index contributed by atoms with van der Waals surface area (Å²) in [7, 11) is 0. The van der Waals surface area contributed by atoms with Gasteiger partial charge in [0.1, 0.15) is 0 Å². The highest BCUT2D eigenvalue weighted by atomic mass is 16.5. The lowest BCUT2D eigenvalue weighted by atomic mass is 9.79. The smallest absolute Gasteiger partial charge is 0.362 e. The van der Waals surface area contributed by atoms with Gasteiger partial charge in [-0.15, -0.1) is 0 Å². The van der Waals surface area contributed by atoms with Gasteiger partial charge >= 0.3 is 5.97 Å². The molecule has 190 valence electrons. The molecule has 0 spiro atoms. The number of rotatable bonds is 4. The number of hydrogen-bond acceptors (Lipinski definition) is 5. The Morgan fingerprint density at radius 1 is 0.857 bits per heavy atom. The number of hydrogen-bond donors (Lipinski definition) is 0. The quantitative estimate of drug-likeness (QED) is 0.502. The summed E-state index contributed by atoms with van der Waals surface area (Å²) < 4.78 is 7.08. The van der Waals surface area contributed by atoms with Crippen LogP contribution in [0.25, 0.3) is 11.0 Å². The summed E-state index contributed by atoms with van der Waals surface area (Å²) in [5.41, 5.74) is 1.15. The first kappa shape index (κ1) is 24.5. The zero-order valence-electron chi connectivity index (χ0n) is 21.3. The maximum atomic E-state index is 13.6. The Morgan fingerprint density at radius 2 is 1.46 bits per heavy atom. The van der Waals surface area contributed by atoms with Crippen molar-refractivity contribution < 1.29 is 9.53 Å². The van der Waals surface area contributed by atoms with E-state index in [0.29, 0.717) is 23.6 Å². The van der Waals surface area contributed by atoms with Gasteiger partial charge < -0.3 is 9.30 Å². The van der Waals surface area contributed by atoms with E-state index in [1.54, 1.807) is 6.92 Å². The number of esters is 1. The fraction of sp³-hybridized carbons (Fsp3) is 0.690. The van der Waals surface area contributed by atoms with Crippen LogP contribution in [0.2, 0.25) is 0 Å². The zero-order valence-corrected chi connectivity index (χ0v) is 21.3. The van der Waals surface area contributed by atoms with Crippen LogP contribution in [0, 0.1) is 0 Å². The Labute approximate surface area is 209 Å². The second kappa shape index (κ2) is 11.2. The van der Waals surface area contributed by atoms with Crippen LogP contribution >= 0.6 is 0 Å². The fourth-order valence-electron chi connectivity index (χ4n) is 7.13. The molecule has 0 unspecified atom stereocenters. The maximum absolute atomic E-state index is 13.6. The van der Waals surface area contributed by atoms with Gasteiger partial charge in [0.15, 0.2) is 0 Å². The summed E-state index contributed by atoms with van der Waals surface area (Å²) in [5, 5.41) is 0. The van der Waals surface area contributed by atoms with E-state index in [-0.39, 0.29) is 23.9 Å². The highest BCUT2D eigenvalue weighted by Gasteiger charge is 2.42. The van der Waals surface area contributed by atoms with Crippen molar-refractivity contribution in [3.8, 4) is 0 Å². The van der Waals surface area contributed by atoms with Crippen LogP contribution < -0.4 is 5.56 Å². The van der Waals surface area contributed by atoms with Gasteiger partial charge in [-0.2, -0.15) is 0 Å².